The monoisotopic (exact) mass is 309 g/mol. The van der Waals surface area contributed by atoms with Crippen molar-refractivity contribution in [1.82, 2.24) is 15.4 Å². The first-order valence-electron chi connectivity index (χ1n) is 6.15. The number of carbonyl (C=O) groups excluding carboxylic acids is 1. The Hall–Kier alpha value is -1.35. The van der Waals surface area contributed by atoms with Crippen LogP contribution in [0.2, 0.25) is 0 Å². The van der Waals surface area contributed by atoms with Crippen molar-refractivity contribution >= 4 is 22.0 Å². The lowest BCUT2D eigenvalue weighted by Crippen LogP contribution is -2.52. The van der Waals surface area contributed by atoms with Gasteiger partial charge >= 0.3 is 12.0 Å². The van der Waals surface area contributed by atoms with Gasteiger partial charge in [0.15, 0.2) is 0 Å². The standard InChI is InChI=1S/C11H23N3O5S/c1-11(2,3)8(9(15)16)14-10(17)12-6-5-7-13-20(4,18)19/h8,13H,5-7H2,1-4H3,(H,15,16)(H2,12,14,17). The molecule has 0 aromatic carbocycles. The van der Waals surface area contributed by atoms with Gasteiger partial charge in [-0.3, -0.25) is 0 Å². The van der Waals surface area contributed by atoms with Gasteiger partial charge in [-0.15, -0.1) is 0 Å². The number of carboxylic acids is 1. The zero-order valence-corrected chi connectivity index (χ0v) is 13.0. The van der Waals surface area contributed by atoms with Crippen LogP contribution in [-0.2, 0) is 14.8 Å². The first-order valence-corrected chi connectivity index (χ1v) is 8.04. The third-order valence-corrected chi connectivity index (χ3v) is 3.12. The summed E-state index contributed by atoms with van der Waals surface area (Å²) in [4.78, 5) is 22.6. The van der Waals surface area contributed by atoms with Crippen LogP contribution in [0.4, 0.5) is 4.79 Å². The third-order valence-electron chi connectivity index (χ3n) is 2.39. The summed E-state index contributed by atoms with van der Waals surface area (Å²) in [5.74, 6) is -1.11. The lowest BCUT2D eigenvalue weighted by Gasteiger charge is -2.27. The number of carboxylic acid groups (broad SMARTS) is 1. The molecule has 0 aromatic heterocycles. The normalized spacial score (nSPS) is 13.6. The molecule has 0 saturated carbocycles. The molecule has 0 aliphatic carbocycles. The van der Waals surface area contributed by atoms with Crippen LogP contribution in [0.1, 0.15) is 27.2 Å². The molecule has 0 bridgehead atoms. The average molecular weight is 309 g/mol. The molecule has 20 heavy (non-hydrogen) atoms. The van der Waals surface area contributed by atoms with Gasteiger partial charge in [-0.2, -0.15) is 0 Å². The Kier molecular flexibility index (Phi) is 6.94. The summed E-state index contributed by atoms with van der Waals surface area (Å²) in [6.07, 6.45) is 1.46. The highest BCUT2D eigenvalue weighted by Gasteiger charge is 2.32. The molecular formula is C11H23N3O5S. The third kappa shape index (κ3) is 8.70. The Bertz CT molecular complexity index is 441. The van der Waals surface area contributed by atoms with Gasteiger partial charge in [0, 0.05) is 13.1 Å². The van der Waals surface area contributed by atoms with Gasteiger partial charge < -0.3 is 15.7 Å². The number of sulfonamides is 1. The highest BCUT2D eigenvalue weighted by molar-refractivity contribution is 7.88. The van der Waals surface area contributed by atoms with Crippen LogP contribution in [0.15, 0.2) is 0 Å². The maximum atomic E-state index is 11.5. The van der Waals surface area contributed by atoms with Crippen molar-refractivity contribution < 1.29 is 23.1 Å². The molecule has 0 aromatic rings. The second-order valence-corrected chi connectivity index (χ2v) is 7.39. The van der Waals surface area contributed by atoms with E-state index < -0.39 is 33.5 Å². The van der Waals surface area contributed by atoms with Gasteiger partial charge in [0.2, 0.25) is 10.0 Å². The zero-order chi connectivity index (χ0) is 16.0. The minimum absolute atomic E-state index is 0.209. The fourth-order valence-electron chi connectivity index (χ4n) is 1.38. The Morgan fingerprint density at radius 1 is 1.20 bits per heavy atom. The summed E-state index contributed by atoms with van der Waals surface area (Å²) in [6.45, 7) is 5.58. The largest absolute Gasteiger partial charge is 0.480 e. The van der Waals surface area contributed by atoms with Gasteiger partial charge in [0.1, 0.15) is 6.04 Å². The van der Waals surface area contributed by atoms with E-state index in [0.29, 0.717) is 6.42 Å². The van der Waals surface area contributed by atoms with Gasteiger partial charge in [-0.1, -0.05) is 20.8 Å². The van der Waals surface area contributed by atoms with Crippen LogP contribution < -0.4 is 15.4 Å². The highest BCUT2D eigenvalue weighted by atomic mass is 32.2. The Labute approximate surface area is 119 Å². The second-order valence-electron chi connectivity index (χ2n) is 5.56. The Balaban J connectivity index is 4.08. The minimum Gasteiger partial charge on any atom is -0.480 e. The van der Waals surface area contributed by atoms with E-state index in [1.165, 1.54) is 0 Å². The molecule has 0 spiro atoms. The summed E-state index contributed by atoms with van der Waals surface area (Å²) < 4.78 is 23.9. The average Bonchev–Trinajstić information content (AvgIpc) is 2.21. The van der Waals surface area contributed by atoms with Crippen molar-refractivity contribution in [3.63, 3.8) is 0 Å². The van der Waals surface area contributed by atoms with Gasteiger partial charge in [-0.05, 0) is 11.8 Å². The van der Waals surface area contributed by atoms with Gasteiger partial charge in [-0.25, -0.2) is 22.7 Å². The Morgan fingerprint density at radius 3 is 2.15 bits per heavy atom. The fourth-order valence-corrected chi connectivity index (χ4v) is 1.89. The van der Waals surface area contributed by atoms with Crippen molar-refractivity contribution in [2.45, 2.75) is 33.2 Å². The van der Waals surface area contributed by atoms with E-state index in [9.17, 15) is 18.0 Å². The van der Waals surface area contributed by atoms with Crippen LogP contribution in [0.25, 0.3) is 0 Å². The highest BCUT2D eigenvalue weighted by Crippen LogP contribution is 2.19. The molecule has 0 rings (SSSR count). The first-order chi connectivity index (χ1) is 8.93. The van der Waals surface area contributed by atoms with Crippen LogP contribution in [-0.4, -0.2) is 50.9 Å². The molecule has 2 amide bonds. The Morgan fingerprint density at radius 2 is 1.75 bits per heavy atom. The van der Waals surface area contributed by atoms with Crippen molar-refractivity contribution in [2.24, 2.45) is 5.41 Å². The molecule has 8 nitrogen and oxygen atoms in total. The molecule has 4 N–H and O–H groups in total. The molecule has 0 heterocycles. The maximum absolute atomic E-state index is 11.5. The van der Waals surface area contributed by atoms with Crippen molar-refractivity contribution in [2.75, 3.05) is 19.3 Å². The minimum atomic E-state index is -3.23. The van der Waals surface area contributed by atoms with Crippen LogP contribution in [0, 0.1) is 5.41 Å². The van der Waals surface area contributed by atoms with E-state index in [1.54, 1.807) is 20.8 Å². The molecule has 0 aliphatic rings. The number of rotatable bonds is 7. The lowest BCUT2D eigenvalue weighted by atomic mass is 9.87. The topological polar surface area (TPSA) is 125 Å². The van der Waals surface area contributed by atoms with Gasteiger partial charge in [0.25, 0.3) is 0 Å². The van der Waals surface area contributed by atoms with Crippen LogP contribution in [0.3, 0.4) is 0 Å². The van der Waals surface area contributed by atoms with E-state index in [4.69, 9.17) is 5.11 Å². The van der Waals surface area contributed by atoms with E-state index in [-0.39, 0.29) is 13.1 Å². The summed E-state index contributed by atoms with van der Waals surface area (Å²) in [5, 5.41) is 13.9. The molecule has 0 aliphatic heterocycles. The molecule has 1 atom stereocenters. The van der Waals surface area contributed by atoms with Crippen molar-refractivity contribution in [1.29, 1.82) is 0 Å². The predicted octanol–water partition coefficient (Wildman–Crippen LogP) is -0.276. The first kappa shape index (κ1) is 18.7. The van der Waals surface area contributed by atoms with E-state index >= 15 is 0 Å². The quantitative estimate of drug-likeness (QED) is 0.482. The lowest BCUT2D eigenvalue weighted by molar-refractivity contribution is -0.141. The van der Waals surface area contributed by atoms with E-state index in [2.05, 4.69) is 15.4 Å². The number of carbonyl (C=O) groups is 2. The number of hydrogen-bond acceptors (Lipinski definition) is 4. The number of urea groups is 1. The predicted molar refractivity (Wildman–Crippen MR) is 74.9 cm³/mol. The fraction of sp³-hybridized carbons (Fsp3) is 0.818. The number of hydrogen-bond donors (Lipinski definition) is 4. The van der Waals surface area contributed by atoms with E-state index in [0.717, 1.165) is 6.26 Å². The van der Waals surface area contributed by atoms with Crippen molar-refractivity contribution in [3.8, 4) is 0 Å². The molecule has 1 unspecified atom stereocenters. The summed E-state index contributed by atoms with van der Waals surface area (Å²) in [5.41, 5.74) is -0.610. The summed E-state index contributed by atoms with van der Waals surface area (Å²) in [7, 11) is -3.23. The van der Waals surface area contributed by atoms with Gasteiger partial charge in [0.05, 0.1) is 6.26 Å². The van der Waals surface area contributed by atoms with E-state index in [1.807, 2.05) is 0 Å². The SMILES string of the molecule is CC(C)(C)C(NC(=O)NCCCNS(C)(=O)=O)C(=O)O. The second kappa shape index (κ2) is 7.44. The molecule has 118 valence electrons. The number of aliphatic carboxylic acids is 1. The molecule has 0 fully saturated rings. The smallest absolute Gasteiger partial charge is 0.326 e. The summed E-state index contributed by atoms with van der Waals surface area (Å²) in [6, 6.07) is -1.59. The number of nitrogens with one attached hydrogen (secondary N) is 3. The zero-order valence-electron chi connectivity index (χ0n) is 12.2. The van der Waals surface area contributed by atoms with Crippen molar-refractivity contribution in [3.05, 3.63) is 0 Å². The molecular weight excluding hydrogens is 286 g/mol. The molecule has 0 saturated heterocycles. The summed E-state index contributed by atoms with van der Waals surface area (Å²) >= 11 is 0. The number of amides is 2. The van der Waals surface area contributed by atoms with Crippen LogP contribution in [0.5, 0.6) is 0 Å². The van der Waals surface area contributed by atoms with Crippen LogP contribution >= 0.6 is 0 Å². The molecule has 9 heteroatoms. The molecule has 0 radical (unpaired) electrons. The maximum Gasteiger partial charge on any atom is 0.326 e.